The van der Waals surface area contributed by atoms with Gasteiger partial charge in [0.25, 0.3) is 5.91 Å². The van der Waals surface area contributed by atoms with Crippen LogP contribution in [0, 0.1) is 19.3 Å². The lowest BCUT2D eigenvalue weighted by Crippen LogP contribution is -2.35. The average Bonchev–Trinajstić information content (AvgIpc) is 3.23. The molecule has 0 unspecified atom stereocenters. The Bertz CT molecular complexity index is 1130. The molecule has 1 aromatic heterocycles. The molecule has 2 amide bonds. The van der Waals surface area contributed by atoms with Gasteiger partial charge in [0.15, 0.2) is 14.6 Å². The fourth-order valence-corrected chi connectivity index (χ4v) is 5.38. The molecule has 0 spiro atoms. The molecule has 1 fully saturated rings. The highest BCUT2D eigenvalue weighted by Gasteiger charge is 2.26. The summed E-state index contributed by atoms with van der Waals surface area (Å²) >= 11 is 1.28. The summed E-state index contributed by atoms with van der Waals surface area (Å²) < 4.78 is 27.1. The minimum absolute atomic E-state index is 0.218. The van der Waals surface area contributed by atoms with Gasteiger partial charge in [-0.2, -0.15) is 4.99 Å². The molecule has 0 N–H and O–H groups in total. The molecular formula is C19H21N3O4S2. The summed E-state index contributed by atoms with van der Waals surface area (Å²) in [6, 6.07) is 5.79. The number of likely N-dealkylation sites (tertiary alicyclic amines) is 1. The van der Waals surface area contributed by atoms with Crippen LogP contribution in [0.5, 0.6) is 0 Å². The molecule has 3 rings (SSSR count). The summed E-state index contributed by atoms with van der Waals surface area (Å²) in [5, 5.41) is 0. The van der Waals surface area contributed by atoms with E-state index >= 15 is 0 Å². The number of amides is 2. The maximum Gasteiger partial charge on any atom is 0.263 e. The van der Waals surface area contributed by atoms with Gasteiger partial charge in [0, 0.05) is 13.1 Å². The van der Waals surface area contributed by atoms with Gasteiger partial charge in [0.1, 0.15) is 11.5 Å². The number of aryl methyl sites for hydroxylation is 1. The molecule has 148 valence electrons. The Morgan fingerprint density at radius 3 is 2.64 bits per heavy atom. The van der Waals surface area contributed by atoms with E-state index in [1.807, 2.05) is 25.1 Å². The smallest absolute Gasteiger partial charge is 0.263 e. The molecule has 0 radical (unpaired) electrons. The Hall–Kier alpha value is -2.44. The maximum atomic E-state index is 12.3. The number of terminal acetylenes is 1. The third-order valence-corrected chi connectivity index (χ3v) is 6.87. The Morgan fingerprint density at radius 2 is 1.96 bits per heavy atom. The molecule has 7 nitrogen and oxygen atoms in total. The Kier molecular flexibility index (Phi) is 6.01. The number of sulfone groups is 1. The van der Waals surface area contributed by atoms with Crippen LogP contribution in [0.1, 0.15) is 18.4 Å². The van der Waals surface area contributed by atoms with Crippen molar-refractivity contribution in [1.29, 1.82) is 0 Å². The van der Waals surface area contributed by atoms with Crippen molar-refractivity contribution in [1.82, 2.24) is 9.47 Å². The summed E-state index contributed by atoms with van der Waals surface area (Å²) in [6.45, 7) is 3.31. The molecule has 1 aromatic carbocycles. The second-order valence-corrected chi connectivity index (χ2v) is 9.85. The molecule has 2 heterocycles. The largest absolute Gasteiger partial charge is 0.342 e. The molecule has 9 heteroatoms. The van der Waals surface area contributed by atoms with E-state index in [0.29, 0.717) is 17.9 Å². The first-order chi connectivity index (χ1) is 13.3. The number of aromatic nitrogens is 1. The van der Waals surface area contributed by atoms with Crippen molar-refractivity contribution < 1.29 is 18.0 Å². The predicted octanol–water partition coefficient (Wildman–Crippen LogP) is 1.11. The summed E-state index contributed by atoms with van der Waals surface area (Å²) in [4.78, 5) is 30.2. The highest BCUT2D eigenvalue weighted by molar-refractivity contribution is 7.92. The highest BCUT2D eigenvalue weighted by Crippen LogP contribution is 2.18. The van der Waals surface area contributed by atoms with Crippen LogP contribution in [0.3, 0.4) is 0 Å². The van der Waals surface area contributed by atoms with Crippen LogP contribution in [0.4, 0.5) is 0 Å². The molecule has 0 atom stereocenters. The van der Waals surface area contributed by atoms with Gasteiger partial charge in [-0.05, 0) is 37.5 Å². The molecule has 0 bridgehead atoms. The SMILES string of the molecule is C#CCn1c(=NC(=O)CS(=O)(=O)CC(=O)N2CCCC2)sc2cc(C)ccc21. The number of carbonyl (C=O) groups is 2. The van der Waals surface area contributed by atoms with Crippen molar-refractivity contribution >= 4 is 43.2 Å². The van der Waals surface area contributed by atoms with Crippen molar-refractivity contribution in [3.63, 3.8) is 0 Å². The third-order valence-electron chi connectivity index (χ3n) is 4.45. The number of nitrogens with zero attached hydrogens (tertiary/aromatic N) is 3. The van der Waals surface area contributed by atoms with E-state index in [0.717, 1.165) is 28.6 Å². The van der Waals surface area contributed by atoms with E-state index in [2.05, 4.69) is 10.9 Å². The van der Waals surface area contributed by atoms with E-state index in [-0.39, 0.29) is 6.54 Å². The van der Waals surface area contributed by atoms with Crippen molar-refractivity contribution in [3.05, 3.63) is 28.6 Å². The summed E-state index contributed by atoms with van der Waals surface area (Å²) in [7, 11) is -3.88. The maximum absolute atomic E-state index is 12.3. The second-order valence-electron chi connectivity index (χ2n) is 6.77. The lowest BCUT2D eigenvalue weighted by molar-refractivity contribution is -0.127. The van der Waals surface area contributed by atoms with Gasteiger partial charge in [-0.25, -0.2) is 8.42 Å². The number of rotatable bonds is 5. The van der Waals surface area contributed by atoms with Crippen LogP contribution in [-0.2, 0) is 26.0 Å². The van der Waals surface area contributed by atoms with Crippen molar-refractivity contribution in [2.24, 2.45) is 4.99 Å². The predicted molar refractivity (Wildman–Crippen MR) is 108 cm³/mol. The van der Waals surface area contributed by atoms with Gasteiger partial charge in [0.05, 0.1) is 16.8 Å². The van der Waals surface area contributed by atoms with Crippen molar-refractivity contribution in [3.8, 4) is 12.3 Å². The molecule has 0 saturated carbocycles. The van der Waals surface area contributed by atoms with Crippen LogP contribution >= 0.6 is 11.3 Å². The van der Waals surface area contributed by atoms with Crippen LogP contribution in [-0.4, -0.2) is 54.3 Å². The standard InChI is InChI=1S/C19H21N3O4S2/c1-3-8-22-15-7-6-14(2)11-16(15)27-19(22)20-17(23)12-28(25,26)13-18(24)21-9-4-5-10-21/h1,6-7,11H,4-5,8-10,12-13H2,2H3. The number of benzene rings is 1. The lowest BCUT2D eigenvalue weighted by atomic mass is 10.2. The van der Waals surface area contributed by atoms with Gasteiger partial charge < -0.3 is 9.47 Å². The first-order valence-corrected chi connectivity index (χ1v) is 11.5. The quantitative estimate of drug-likeness (QED) is 0.679. The van der Waals surface area contributed by atoms with Crippen LogP contribution in [0.15, 0.2) is 23.2 Å². The summed E-state index contributed by atoms with van der Waals surface area (Å²) in [5.74, 6) is -0.188. The third kappa shape index (κ3) is 4.69. The minimum atomic E-state index is -3.88. The van der Waals surface area contributed by atoms with Gasteiger partial charge in [0.2, 0.25) is 5.91 Å². The Labute approximate surface area is 167 Å². The number of carbonyl (C=O) groups excluding carboxylic acids is 2. The normalized spacial score (nSPS) is 15.1. The van der Waals surface area contributed by atoms with Crippen LogP contribution < -0.4 is 4.80 Å². The topological polar surface area (TPSA) is 88.8 Å². The molecule has 28 heavy (non-hydrogen) atoms. The van der Waals surface area contributed by atoms with E-state index in [9.17, 15) is 18.0 Å². The van der Waals surface area contributed by atoms with Gasteiger partial charge in [-0.3, -0.25) is 9.59 Å². The monoisotopic (exact) mass is 419 g/mol. The fourth-order valence-electron chi connectivity index (χ4n) is 3.13. The van der Waals surface area contributed by atoms with Crippen molar-refractivity contribution in [2.45, 2.75) is 26.3 Å². The van der Waals surface area contributed by atoms with Crippen molar-refractivity contribution in [2.75, 3.05) is 24.6 Å². The highest BCUT2D eigenvalue weighted by atomic mass is 32.2. The summed E-state index contributed by atoms with van der Waals surface area (Å²) in [5.41, 5.74) is 1.90. The Balaban J connectivity index is 1.82. The van der Waals surface area contributed by atoms with Gasteiger partial charge >= 0.3 is 0 Å². The Morgan fingerprint density at radius 1 is 1.25 bits per heavy atom. The molecule has 0 aliphatic carbocycles. The average molecular weight is 420 g/mol. The molecule has 1 aliphatic heterocycles. The minimum Gasteiger partial charge on any atom is -0.342 e. The number of hydrogen-bond acceptors (Lipinski definition) is 5. The molecule has 1 saturated heterocycles. The summed E-state index contributed by atoms with van der Waals surface area (Å²) in [6.07, 6.45) is 7.18. The van der Waals surface area contributed by atoms with Crippen LogP contribution in [0.25, 0.3) is 10.2 Å². The zero-order chi connectivity index (χ0) is 20.3. The first kappa shape index (κ1) is 20.3. The lowest BCUT2D eigenvalue weighted by Gasteiger charge is -2.14. The van der Waals surface area contributed by atoms with E-state index in [1.165, 1.54) is 16.2 Å². The first-order valence-electron chi connectivity index (χ1n) is 8.88. The number of fused-ring (bicyclic) bond motifs is 1. The second kappa shape index (κ2) is 8.29. The van der Waals surface area contributed by atoms with E-state index in [1.54, 1.807) is 4.57 Å². The fraction of sp³-hybridized carbons (Fsp3) is 0.421. The molecular weight excluding hydrogens is 398 g/mol. The number of thiazole rings is 1. The van der Waals surface area contributed by atoms with E-state index < -0.39 is 33.2 Å². The van der Waals surface area contributed by atoms with Crippen LogP contribution in [0.2, 0.25) is 0 Å². The van der Waals surface area contributed by atoms with Gasteiger partial charge in [-0.1, -0.05) is 23.3 Å². The molecule has 1 aliphatic rings. The zero-order valence-electron chi connectivity index (χ0n) is 15.6. The van der Waals surface area contributed by atoms with E-state index in [4.69, 9.17) is 6.42 Å². The zero-order valence-corrected chi connectivity index (χ0v) is 17.2. The number of hydrogen-bond donors (Lipinski definition) is 0. The molecule has 2 aromatic rings. The van der Waals surface area contributed by atoms with Gasteiger partial charge in [-0.15, -0.1) is 6.42 Å².